The number of aromatic nitrogens is 2. The van der Waals surface area contributed by atoms with Crippen molar-refractivity contribution >= 4 is 23.3 Å². The van der Waals surface area contributed by atoms with Crippen LogP contribution in [0.3, 0.4) is 0 Å². The molecule has 1 fully saturated rings. The van der Waals surface area contributed by atoms with Gasteiger partial charge in [-0.1, -0.05) is 29.8 Å². The third-order valence-electron chi connectivity index (χ3n) is 5.91. The number of rotatable bonds is 7. The van der Waals surface area contributed by atoms with Crippen molar-refractivity contribution in [2.75, 3.05) is 32.5 Å². The van der Waals surface area contributed by atoms with Gasteiger partial charge in [0, 0.05) is 36.3 Å². The molecule has 1 aliphatic heterocycles. The number of ether oxygens (including phenoxy) is 1. The molecule has 1 saturated heterocycles. The van der Waals surface area contributed by atoms with E-state index in [1.807, 2.05) is 12.1 Å². The molecule has 1 aromatic heterocycles. The first-order valence-electron chi connectivity index (χ1n) is 11.2. The van der Waals surface area contributed by atoms with Crippen LogP contribution >= 0.6 is 11.6 Å². The maximum absolute atomic E-state index is 15.1. The van der Waals surface area contributed by atoms with Crippen LogP contribution in [0.2, 0.25) is 5.02 Å². The number of nitrogens with zero attached hydrogens (tertiary/aromatic N) is 2. The van der Waals surface area contributed by atoms with E-state index in [4.69, 9.17) is 22.1 Å². The quantitative estimate of drug-likeness (QED) is 0.467. The summed E-state index contributed by atoms with van der Waals surface area (Å²) in [7, 11) is 1.78. The van der Waals surface area contributed by atoms with Crippen LogP contribution in [0.1, 0.15) is 46.4 Å². The molecule has 0 bridgehead atoms. The number of halogens is 2. The molecule has 2 heterocycles. The molecule has 0 radical (unpaired) electrons. The molecule has 4 N–H and O–H groups in total. The molecule has 3 aromatic rings. The number of nitrogen functional groups attached to an aromatic ring is 1. The van der Waals surface area contributed by atoms with Gasteiger partial charge in [-0.25, -0.2) is 14.4 Å². The number of hydrogen-bond acceptors (Lipinski definition) is 6. The van der Waals surface area contributed by atoms with E-state index in [1.165, 1.54) is 12.1 Å². The minimum absolute atomic E-state index is 0.0704. The van der Waals surface area contributed by atoms with Crippen LogP contribution in [0.15, 0.2) is 48.7 Å². The molecule has 7 nitrogen and oxygen atoms in total. The standard InChI is InChI=1S/C25H27ClFN5O2/c1-29-13-21(16-3-2-4-18(26)11-16)32-25(33)19-6-5-17(12-20(19)27)23-24(28)30-14-22(31-23)15-7-9-34-10-8-15/h2-6,11-12,14-15,21,29H,7-10,13H2,1H3,(H2,28,30)(H,32,33). The summed E-state index contributed by atoms with van der Waals surface area (Å²) in [6, 6.07) is 11.2. The van der Waals surface area contributed by atoms with Crippen molar-refractivity contribution in [2.45, 2.75) is 24.8 Å². The van der Waals surface area contributed by atoms with Gasteiger partial charge in [-0.15, -0.1) is 0 Å². The Morgan fingerprint density at radius 1 is 1.26 bits per heavy atom. The summed E-state index contributed by atoms with van der Waals surface area (Å²) < 4.78 is 20.5. The number of carbonyl (C=O) groups excluding carboxylic acids is 1. The van der Waals surface area contributed by atoms with Crippen LogP contribution in [0, 0.1) is 5.82 Å². The van der Waals surface area contributed by atoms with Crippen LogP contribution < -0.4 is 16.4 Å². The molecular formula is C25H27ClFN5O2. The minimum atomic E-state index is -0.665. The van der Waals surface area contributed by atoms with Crippen molar-refractivity contribution in [3.8, 4) is 11.3 Å². The normalized spacial score (nSPS) is 15.1. The number of carbonyl (C=O) groups is 1. The Kier molecular flexibility index (Phi) is 7.72. The minimum Gasteiger partial charge on any atom is -0.382 e. The Hall–Kier alpha value is -3.07. The summed E-state index contributed by atoms with van der Waals surface area (Å²) in [5.74, 6) is -0.755. The zero-order valence-corrected chi connectivity index (χ0v) is 19.6. The second-order valence-corrected chi connectivity index (χ2v) is 8.69. The monoisotopic (exact) mass is 483 g/mol. The first-order chi connectivity index (χ1) is 16.5. The van der Waals surface area contributed by atoms with Crippen molar-refractivity contribution in [3.05, 3.63) is 76.3 Å². The number of nitrogens with one attached hydrogen (secondary N) is 2. The average Bonchev–Trinajstić information content (AvgIpc) is 2.84. The Morgan fingerprint density at radius 3 is 2.76 bits per heavy atom. The first kappa shape index (κ1) is 24.1. The first-order valence-corrected chi connectivity index (χ1v) is 11.5. The highest BCUT2D eigenvalue weighted by Crippen LogP contribution is 2.30. The molecule has 1 unspecified atom stereocenters. The predicted octanol–water partition coefficient (Wildman–Crippen LogP) is 4.10. The maximum atomic E-state index is 15.1. The fraction of sp³-hybridized carbons (Fsp3) is 0.320. The Labute approximate surface area is 202 Å². The van der Waals surface area contributed by atoms with E-state index in [0.29, 0.717) is 36.0 Å². The Balaban J connectivity index is 1.56. The van der Waals surface area contributed by atoms with Crippen LogP contribution in [-0.2, 0) is 4.74 Å². The Morgan fingerprint density at radius 2 is 2.06 bits per heavy atom. The number of amides is 1. The largest absolute Gasteiger partial charge is 0.382 e. The van der Waals surface area contributed by atoms with Gasteiger partial charge in [0.1, 0.15) is 17.3 Å². The van der Waals surface area contributed by atoms with E-state index >= 15 is 4.39 Å². The lowest BCUT2D eigenvalue weighted by atomic mass is 9.96. The molecule has 0 spiro atoms. The number of likely N-dealkylation sites (N-methyl/N-ethyl adjacent to an activating group) is 1. The zero-order valence-electron chi connectivity index (χ0n) is 18.9. The lowest BCUT2D eigenvalue weighted by Gasteiger charge is -2.22. The van der Waals surface area contributed by atoms with E-state index in [0.717, 1.165) is 24.1 Å². The fourth-order valence-electron chi connectivity index (χ4n) is 4.08. The highest BCUT2D eigenvalue weighted by Gasteiger charge is 2.22. The summed E-state index contributed by atoms with van der Waals surface area (Å²) in [6.45, 7) is 1.80. The SMILES string of the molecule is CNCC(NC(=O)c1ccc(-c2nc(C3CCOCC3)cnc2N)cc1F)c1cccc(Cl)c1. The van der Waals surface area contributed by atoms with Crippen molar-refractivity contribution < 1.29 is 13.9 Å². The number of benzene rings is 2. The zero-order chi connectivity index (χ0) is 24.1. The molecule has 2 aromatic carbocycles. The van der Waals surface area contributed by atoms with E-state index in [9.17, 15) is 4.79 Å². The van der Waals surface area contributed by atoms with Gasteiger partial charge in [0.05, 0.1) is 23.5 Å². The molecule has 178 valence electrons. The third kappa shape index (κ3) is 5.52. The van der Waals surface area contributed by atoms with Crippen LogP contribution in [0.25, 0.3) is 11.3 Å². The Bertz CT molecular complexity index is 1170. The van der Waals surface area contributed by atoms with Gasteiger partial charge in [-0.3, -0.25) is 4.79 Å². The summed E-state index contributed by atoms with van der Waals surface area (Å²) in [6.07, 6.45) is 3.38. The molecule has 9 heteroatoms. The van der Waals surface area contributed by atoms with Crippen LogP contribution in [-0.4, -0.2) is 42.7 Å². The smallest absolute Gasteiger partial charge is 0.254 e. The second-order valence-electron chi connectivity index (χ2n) is 8.25. The second kappa shape index (κ2) is 10.9. The van der Waals surface area contributed by atoms with Crippen molar-refractivity contribution in [1.82, 2.24) is 20.6 Å². The average molecular weight is 484 g/mol. The van der Waals surface area contributed by atoms with E-state index in [1.54, 1.807) is 31.4 Å². The molecule has 34 heavy (non-hydrogen) atoms. The maximum Gasteiger partial charge on any atom is 0.254 e. The predicted molar refractivity (Wildman–Crippen MR) is 130 cm³/mol. The highest BCUT2D eigenvalue weighted by atomic mass is 35.5. The summed E-state index contributed by atoms with van der Waals surface area (Å²) in [5.41, 5.74) is 8.49. The molecule has 1 atom stereocenters. The van der Waals surface area contributed by atoms with Gasteiger partial charge in [0.15, 0.2) is 0 Å². The van der Waals surface area contributed by atoms with E-state index < -0.39 is 11.7 Å². The number of hydrogen-bond donors (Lipinski definition) is 3. The van der Waals surface area contributed by atoms with Crippen molar-refractivity contribution in [1.29, 1.82) is 0 Å². The van der Waals surface area contributed by atoms with Crippen molar-refractivity contribution in [2.24, 2.45) is 0 Å². The lowest BCUT2D eigenvalue weighted by Crippen LogP contribution is -2.35. The third-order valence-corrected chi connectivity index (χ3v) is 6.15. The summed E-state index contributed by atoms with van der Waals surface area (Å²) in [5, 5.41) is 6.47. The summed E-state index contributed by atoms with van der Waals surface area (Å²) >= 11 is 6.10. The van der Waals surface area contributed by atoms with Gasteiger partial charge in [-0.2, -0.15) is 0 Å². The molecule has 1 amide bonds. The molecule has 0 saturated carbocycles. The molecule has 4 rings (SSSR count). The van der Waals surface area contributed by atoms with Crippen LogP contribution in [0.4, 0.5) is 10.2 Å². The fourth-order valence-corrected chi connectivity index (χ4v) is 4.28. The highest BCUT2D eigenvalue weighted by molar-refractivity contribution is 6.30. The van der Waals surface area contributed by atoms with E-state index in [2.05, 4.69) is 20.6 Å². The van der Waals surface area contributed by atoms with Gasteiger partial charge in [0.2, 0.25) is 0 Å². The lowest BCUT2D eigenvalue weighted by molar-refractivity contribution is 0.0844. The molecular weight excluding hydrogens is 457 g/mol. The number of nitrogens with two attached hydrogens (primary N) is 1. The summed E-state index contributed by atoms with van der Waals surface area (Å²) in [4.78, 5) is 21.9. The van der Waals surface area contributed by atoms with Gasteiger partial charge < -0.3 is 21.1 Å². The number of anilines is 1. The molecule has 1 aliphatic rings. The topological polar surface area (TPSA) is 102 Å². The van der Waals surface area contributed by atoms with Gasteiger partial charge >= 0.3 is 0 Å². The van der Waals surface area contributed by atoms with Gasteiger partial charge in [-0.05, 0) is 49.7 Å². The molecule has 0 aliphatic carbocycles. The van der Waals surface area contributed by atoms with Crippen LogP contribution in [0.5, 0.6) is 0 Å². The van der Waals surface area contributed by atoms with Gasteiger partial charge in [0.25, 0.3) is 5.91 Å². The van der Waals surface area contributed by atoms with E-state index in [-0.39, 0.29) is 23.3 Å². The van der Waals surface area contributed by atoms with Crippen molar-refractivity contribution in [3.63, 3.8) is 0 Å².